The molecule has 7 heteroatoms. The molecule has 0 amide bonds. The second-order valence-electron chi connectivity index (χ2n) is 6.15. The molecule has 1 unspecified atom stereocenters. The average molecular weight is 498 g/mol. The van der Waals surface area contributed by atoms with Crippen molar-refractivity contribution in [1.82, 2.24) is 10.2 Å². The van der Waals surface area contributed by atoms with E-state index in [2.05, 4.69) is 44.4 Å². The number of anilines is 1. The van der Waals surface area contributed by atoms with E-state index in [4.69, 9.17) is 0 Å². The van der Waals surface area contributed by atoms with E-state index in [9.17, 15) is 4.21 Å². The number of guanidine groups is 1. The zero-order valence-electron chi connectivity index (χ0n) is 15.6. The van der Waals surface area contributed by atoms with Crippen molar-refractivity contribution in [3.8, 4) is 0 Å². The number of piperazine rings is 1. The van der Waals surface area contributed by atoms with E-state index in [0.29, 0.717) is 12.3 Å². The van der Waals surface area contributed by atoms with Gasteiger partial charge < -0.3 is 15.1 Å². The summed E-state index contributed by atoms with van der Waals surface area (Å²) in [7, 11) is 0.824. The van der Waals surface area contributed by atoms with Crippen LogP contribution in [0.3, 0.4) is 0 Å². The van der Waals surface area contributed by atoms with E-state index >= 15 is 0 Å². The minimum absolute atomic E-state index is 0. The van der Waals surface area contributed by atoms with Crippen LogP contribution in [-0.2, 0) is 10.8 Å². The topological polar surface area (TPSA) is 47.9 Å². The van der Waals surface area contributed by atoms with Crippen molar-refractivity contribution < 1.29 is 4.21 Å². The Morgan fingerprint density at radius 1 is 1.00 bits per heavy atom. The highest BCUT2D eigenvalue weighted by atomic mass is 127. The minimum Gasteiger partial charge on any atom is -0.368 e. The first-order valence-electron chi connectivity index (χ1n) is 8.97. The third kappa shape index (κ3) is 6.21. The van der Waals surface area contributed by atoms with Gasteiger partial charge in [-0.05, 0) is 24.3 Å². The van der Waals surface area contributed by atoms with Crippen LogP contribution in [0.4, 0.5) is 5.69 Å². The molecule has 2 aromatic rings. The fourth-order valence-corrected chi connectivity index (χ4v) is 4.08. The minimum atomic E-state index is -0.982. The molecule has 0 aliphatic carbocycles. The highest BCUT2D eigenvalue weighted by Gasteiger charge is 2.19. The van der Waals surface area contributed by atoms with Gasteiger partial charge in [-0.15, -0.1) is 24.0 Å². The maximum absolute atomic E-state index is 12.3. The molecule has 1 aliphatic rings. The monoisotopic (exact) mass is 498 g/mol. The summed E-state index contributed by atoms with van der Waals surface area (Å²) in [6.45, 7) is 4.45. The van der Waals surface area contributed by atoms with Crippen molar-refractivity contribution in [3.05, 3.63) is 60.7 Å². The number of aliphatic imine (C=N–C) groups is 1. The zero-order chi connectivity index (χ0) is 18.2. The number of nitrogens with zero attached hydrogens (tertiary/aromatic N) is 3. The second kappa shape index (κ2) is 11.3. The summed E-state index contributed by atoms with van der Waals surface area (Å²) in [5, 5.41) is 3.36. The Kier molecular flexibility index (Phi) is 9.06. The van der Waals surface area contributed by atoms with Crippen LogP contribution in [0.15, 0.2) is 70.6 Å². The smallest absolute Gasteiger partial charge is 0.193 e. The van der Waals surface area contributed by atoms with E-state index < -0.39 is 10.8 Å². The van der Waals surface area contributed by atoms with E-state index in [1.165, 1.54) is 5.69 Å². The van der Waals surface area contributed by atoms with Crippen LogP contribution in [0, 0.1) is 0 Å². The molecule has 0 aromatic heterocycles. The van der Waals surface area contributed by atoms with Gasteiger partial charge in [-0.3, -0.25) is 9.20 Å². The number of rotatable bonds is 5. The zero-order valence-corrected chi connectivity index (χ0v) is 18.7. The van der Waals surface area contributed by atoms with Gasteiger partial charge >= 0.3 is 0 Å². The molecule has 27 heavy (non-hydrogen) atoms. The Balaban J connectivity index is 0.00000261. The number of para-hydroxylation sites is 1. The molecule has 2 aromatic carbocycles. The van der Waals surface area contributed by atoms with E-state index in [1.54, 1.807) is 7.05 Å². The van der Waals surface area contributed by atoms with Gasteiger partial charge in [0.2, 0.25) is 0 Å². The first-order chi connectivity index (χ1) is 12.8. The van der Waals surface area contributed by atoms with Gasteiger partial charge in [-0.2, -0.15) is 0 Å². The molecule has 0 saturated carbocycles. The number of hydrogen-bond donors (Lipinski definition) is 1. The Labute approximate surface area is 181 Å². The molecule has 1 atom stereocenters. The summed E-state index contributed by atoms with van der Waals surface area (Å²) in [5.74, 6) is 1.47. The van der Waals surface area contributed by atoms with Crippen molar-refractivity contribution in [2.45, 2.75) is 4.90 Å². The van der Waals surface area contributed by atoms with Crippen molar-refractivity contribution >= 4 is 46.4 Å². The predicted octanol–water partition coefficient (Wildman–Crippen LogP) is 2.81. The molecule has 5 nitrogen and oxygen atoms in total. The molecular weight excluding hydrogens is 471 g/mol. The molecule has 1 aliphatic heterocycles. The summed E-state index contributed by atoms with van der Waals surface area (Å²) in [5.41, 5.74) is 1.27. The Morgan fingerprint density at radius 2 is 1.59 bits per heavy atom. The lowest BCUT2D eigenvalue weighted by Gasteiger charge is -2.37. The summed E-state index contributed by atoms with van der Waals surface area (Å²) in [6.07, 6.45) is 0. The summed E-state index contributed by atoms with van der Waals surface area (Å²) in [6, 6.07) is 20.1. The Hall–Kier alpha value is -1.61. The first-order valence-corrected chi connectivity index (χ1v) is 10.3. The van der Waals surface area contributed by atoms with Gasteiger partial charge in [0.05, 0.1) is 10.8 Å². The first kappa shape index (κ1) is 21.7. The molecule has 1 N–H and O–H groups in total. The van der Waals surface area contributed by atoms with Crippen LogP contribution < -0.4 is 10.2 Å². The SMILES string of the molecule is CN=C(NCCS(=O)c1ccccc1)N1CCN(c2ccccc2)CC1.I. The molecule has 3 rings (SSSR count). The lowest BCUT2D eigenvalue weighted by atomic mass is 10.2. The molecular formula is C20H27IN4OS. The van der Waals surface area contributed by atoms with E-state index in [1.807, 2.05) is 36.4 Å². The molecule has 1 fully saturated rings. The molecule has 0 bridgehead atoms. The van der Waals surface area contributed by atoms with Crippen molar-refractivity contribution in [3.63, 3.8) is 0 Å². The van der Waals surface area contributed by atoms with Crippen LogP contribution in [0.5, 0.6) is 0 Å². The number of hydrogen-bond acceptors (Lipinski definition) is 3. The molecule has 1 heterocycles. The van der Waals surface area contributed by atoms with Crippen molar-refractivity contribution in [1.29, 1.82) is 0 Å². The van der Waals surface area contributed by atoms with Gasteiger partial charge in [-0.25, -0.2) is 0 Å². The summed E-state index contributed by atoms with van der Waals surface area (Å²) in [4.78, 5) is 9.93. The Bertz CT molecular complexity index is 734. The third-order valence-electron chi connectivity index (χ3n) is 4.49. The molecule has 1 saturated heterocycles. The molecule has 146 valence electrons. The number of halogens is 1. The van der Waals surface area contributed by atoms with Crippen molar-refractivity contribution in [2.75, 3.05) is 50.4 Å². The number of benzene rings is 2. The average Bonchev–Trinajstić information content (AvgIpc) is 2.72. The second-order valence-corrected chi connectivity index (χ2v) is 7.72. The van der Waals surface area contributed by atoms with Crippen molar-refractivity contribution in [2.24, 2.45) is 4.99 Å². The van der Waals surface area contributed by atoms with Crippen LogP contribution >= 0.6 is 24.0 Å². The lowest BCUT2D eigenvalue weighted by molar-refractivity contribution is 0.373. The fourth-order valence-electron chi connectivity index (χ4n) is 3.09. The quantitative estimate of drug-likeness (QED) is 0.392. The molecule has 0 radical (unpaired) electrons. The van der Waals surface area contributed by atoms with Crippen LogP contribution in [0.25, 0.3) is 0 Å². The predicted molar refractivity (Wildman–Crippen MR) is 125 cm³/mol. The van der Waals surface area contributed by atoms with Crippen LogP contribution in [-0.4, -0.2) is 60.6 Å². The van der Waals surface area contributed by atoms with E-state index in [0.717, 1.165) is 37.0 Å². The highest BCUT2D eigenvalue weighted by Crippen LogP contribution is 2.15. The molecule has 0 spiro atoms. The van der Waals surface area contributed by atoms with Gasteiger partial charge in [0.25, 0.3) is 0 Å². The normalized spacial score (nSPS) is 15.8. The Morgan fingerprint density at radius 3 is 2.19 bits per heavy atom. The summed E-state index contributed by atoms with van der Waals surface area (Å²) >= 11 is 0. The lowest BCUT2D eigenvalue weighted by Crippen LogP contribution is -2.53. The number of nitrogens with one attached hydrogen (secondary N) is 1. The van der Waals surface area contributed by atoms with Gasteiger partial charge in [0.15, 0.2) is 5.96 Å². The fraction of sp³-hybridized carbons (Fsp3) is 0.350. The van der Waals surface area contributed by atoms with Crippen LogP contribution in [0.1, 0.15) is 0 Å². The van der Waals surface area contributed by atoms with Crippen LogP contribution in [0.2, 0.25) is 0 Å². The largest absolute Gasteiger partial charge is 0.368 e. The maximum atomic E-state index is 12.3. The third-order valence-corrected chi connectivity index (χ3v) is 5.86. The van der Waals surface area contributed by atoms with Gasteiger partial charge in [0, 0.05) is 56.1 Å². The summed E-state index contributed by atoms with van der Waals surface area (Å²) < 4.78 is 12.3. The van der Waals surface area contributed by atoms with Gasteiger partial charge in [0.1, 0.15) is 0 Å². The maximum Gasteiger partial charge on any atom is 0.193 e. The highest BCUT2D eigenvalue weighted by molar-refractivity contribution is 14.0. The van der Waals surface area contributed by atoms with E-state index in [-0.39, 0.29) is 24.0 Å². The standard InChI is InChI=1S/C20H26N4OS.HI/c1-21-20(22-12-17-26(25)19-10-6-3-7-11-19)24-15-13-23(14-16-24)18-8-4-2-5-9-18;/h2-11H,12-17H2,1H3,(H,21,22);1H. The van der Waals surface area contributed by atoms with Gasteiger partial charge in [-0.1, -0.05) is 36.4 Å².